The molecule has 2 aliphatic heterocycles. The van der Waals surface area contributed by atoms with Gasteiger partial charge in [0.05, 0.1) is 29.4 Å². The van der Waals surface area contributed by atoms with Gasteiger partial charge in [-0.25, -0.2) is 19.1 Å². The van der Waals surface area contributed by atoms with Gasteiger partial charge in [-0.2, -0.15) is 0 Å². The maximum Gasteiger partial charge on any atom is 0.420 e. The van der Waals surface area contributed by atoms with Gasteiger partial charge in [0, 0.05) is 31.3 Å². The van der Waals surface area contributed by atoms with Crippen LogP contribution >= 0.6 is 0 Å². The minimum atomic E-state index is -1.57. The minimum absolute atomic E-state index is 0.0770. The molecule has 0 amide bonds. The van der Waals surface area contributed by atoms with Gasteiger partial charge in [-0.05, 0) is 91.3 Å². The van der Waals surface area contributed by atoms with E-state index in [2.05, 4.69) is 4.98 Å². The Morgan fingerprint density at radius 3 is 2.30 bits per heavy atom. The zero-order chi connectivity index (χ0) is 41.5. The lowest BCUT2D eigenvalue weighted by molar-refractivity contribution is -0.294. The summed E-state index contributed by atoms with van der Waals surface area (Å²) in [5.74, 6) is -5.20. The molecule has 11 atom stereocenters. The number of Topliss-reactive ketones (excluding diaryl/α,β-unsaturated/α-hetero) is 2. The van der Waals surface area contributed by atoms with Gasteiger partial charge in [0.25, 0.3) is 0 Å². The molecule has 1 saturated heterocycles. The van der Waals surface area contributed by atoms with E-state index in [9.17, 15) is 24.0 Å². The molecule has 0 bridgehead atoms. The number of carbonyl (C=O) groups excluding carboxylic acids is 5. The van der Waals surface area contributed by atoms with Gasteiger partial charge < -0.3 is 33.3 Å². The number of hydrogen-bond donors (Lipinski definition) is 0. The van der Waals surface area contributed by atoms with Crippen molar-refractivity contribution in [3.8, 4) is 0 Å². The van der Waals surface area contributed by atoms with Crippen LogP contribution in [-0.4, -0.2) is 113 Å². The van der Waals surface area contributed by atoms with Crippen LogP contribution in [0.4, 0.5) is 4.79 Å². The predicted octanol–water partition coefficient (Wildman–Crippen LogP) is 5.82. The molecule has 0 saturated carbocycles. The molecule has 1 aromatic heterocycles. The van der Waals surface area contributed by atoms with Crippen molar-refractivity contribution in [2.24, 2.45) is 17.8 Å². The predicted molar refractivity (Wildman–Crippen MR) is 206 cm³/mol. The highest BCUT2D eigenvalue weighted by molar-refractivity contribution is 6.00. The monoisotopic (exact) mass is 781 g/mol. The molecule has 14 heteroatoms. The summed E-state index contributed by atoms with van der Waals surface area (Å²) in [6.07, 6.45) is 1.25. The number of benzene rings is 1. The van der Waals surface area contributed by atoms with Crippen LogP contribution in [0.25, 0.3) is 0 Å². The van der Waals surface area contributed by atoms with Gasteiger partial charge in [0.15, 0.2) is 29.6 Å². The normalized spacial score (nSPS) is 33.6. The SMILES string of the molecule is CC[C@H]1OC(=O)[C@H](C)C(=O)[C@H](C)[C@@H](OC2O[C@H](C)C[C@H](N(C)C)[C@H]2OC(=O)c2ccccc2)[C@@](C)(OC)C[C@@H](C)C(=O)C(C)=C[C@]1(CC)OC(=O)n1ccnc1. The standard InChI is InChI=1S/C42H59N3O11/c1-12-32-42(13-2,56-40(50)45-20-19-43-24-45)23-26(4)33(46)25(3)22-41(8,51-11)36(28(6)34(47)29(7)37(48)53-32)55-39-35(31(44(9)10)21-27(5)52-39)54-38(49)30-17-15-14-16-18-30/h14-20,23-25,27-29,31-32,35-36,39H,12-13,21-22H2,1-11H3/t25-,27-,28+,29-,31+,32-,35-,36-,39?,41+,42+/m1/s1. The summed E-state index contributed by atoms with van der Waals surface area (Å²) in [4.78, 5) is 75.4. The average molecular weight is 782 g/mol. The number of likely N-dealkylation sites (N-methyl/N-ethyl adjacent to an activating group) is 1. The molecule has 1 unspecified atom stereocenters. The van der Waals surface area contributed by atoms with E-state index < -0.39 is 77.4 Å². The van der Waals surface area contributed by atoms with Crippen LogP contribution in [-0.2, 0) is 42.8 Å². The highest BCUT2D eigenvalue weighted by Crippen LogP contribution is 2.39. The molecule has 0 N–H and O–H groups in total. The van der Waals surface area contributed by atoms with Crippen LogP contribution in [0.5, 0.6) is 0 Å². The highest BCUT2D eigenvalue weighted by atomic mass is 16.7. The largest absolute Gasteiger partial charge is 0.457 e. The van der Waals surface area contributed by atoms with Crippen molar-refractivity contribution in [2.45, 2.75) is 129 Å². The van der Waals surface area contributed by atoms with E-state index in [0.717, 1.165) is 4.57 Å². The van der Waals surface area contributed by atoms with Crippen molar-refractivity contribution in [3.05, 3.63) is 66.3 Å². The molecule has 1 fully saturated rings. The third-order valence-corrected chi connectivity index (χ3v) is 11.3. The Morgan fingerprint density at radius 1 is 1.05 bits per heavy atom. The number of aromatic nitrogens is 2. The second kappa shape index (κ2) is 18.8. The number of hydrogen-bond acceptors (Lipinski definition) is 13. The van der Waals surface area contributed by atoms with Crippen LogP contribution in [0.2, 0.25) is 0 Å². The van der Waals surface area contributed by atoms with Gasteiger partial charge in [-0.3, -0.25) is 14.4 Å². The Balaban J connectivity index is 1.80. The lowest BCUT2D eigenvalue weighted by atomic mass is 9.76. The van der Waals surface area contributed by atoms with Crippen molar-refractivity contribution in [1.82, 2.24) is 14.5 Å². The fourth-order valence-corrected chi connectivity index (χ4v) is 7.91. The molecule has 0 radical (unpaired) electrons. The van der Waals surface area contributed by atoms with E-state index in [4.69, 9.17) is 28.4 Å². The van der Waals surface area contributed by atoms with E-state index in [-0.39, 0.29) is 42.8 Å². The molecule has 308 valence electrons. The minimum Gasteiger partial charge on any atom is -0.457 e. The van der Waals surface area contributed by atoms with E-state index in [1.165, 1.54) is 32.8 Å². The first kappa shape index (κ1) is 44.5. The van der Waals surface area contributed by atoms with E-state index >= 15 is 0 Å². The molecule has 1 aromatic carbocycles. The van der Waals surface area contributed by atoms with E-state index in [0.29, 0.717) is 12.0 Å². The van der Waals surface area contributed by atoms with E-state index in [1.807, 2.05) is 25.9 Å². The lowest BCUT2D eigenvalue weighted by Crippen LogP contribution is -2.60. The smallest absolute Gasteiger partial charge is 0.420 e. The fraction of sp³-hybridized carbons (Fsp3) is 0.619. The zero-order valence-corrected chi connectivity index (χ0v) is 34.6. The third kappa shape index (κ3) is 9.82. The molecule has 3 heterocycles. The van der Waals surface area contributed by atoms with Gasteiger partial charge in [0.1, 0.15) is 18.3 Å². The summed E-state index contributed by atoms with van der Waals surface area (Å²) < 4.78 is 38.8. The van der Waals surface area contributed by atoms with Gasteiger partial charge in [-0.15, -0.1) is 0 Å². The molecule has 56 heavy (non-hydrogen) atoms. The number of nitrogens with zero attached hydrogens (tertiary/aromatic N) is 3. The fourth-order valence-electron chi connectivity index (χ4n) is 7.91. The van der Waals surface area contributed by atoms with E-state index in [1.54, 1.807) is 78.0 Å². The van der Waals surface area contributed by atoms with Gasteiger partial charge in [0.2, 0.25) is 0 Å². The third-order valence-electron chi connectivity index (χ3n) is 11.3. The Labute approximate surface area is 330 Å². The average Bonchev–Trinajstić information content (AvgIpc) is 3.73. The molecule has 0 spiro atoms. The van der Waals surface area contributed by atoms with Gasteiger partial charge >= 0.3 is 18.0 Å². The molecular weight excluding hydrogens is 722 g/mol. The second-order valence-corrected chi connectivity index (χ2v) is 15.6. The van der Waals surface area contributed by atoms with Crippen LogP contribution in [0.15, 0.2) is 60.7 Å². The molecule has 14 nitrogen and oxygen atoms in total. The van der Waals surface area contributed by atoms with Crippen molar-refractivity contribution in [3.63, 3.8) is 0 Å². The summed E-state index contributed by atoms with van der Waals surface area (Å²) in [5.41, 5.74) is -2.26. The van der Waals surface area contributed by atoms with Crippen LogP contribution in [0, 0.1) is 17.8 Å². The van der Waals surface area contributed by atoms with Crippen molar-refractivity contribution >= 4 is 29.6 Å². The quantitative estimate of drug-likeness (QED) is 0.170. The summed E-state index contributed by atoms with van der Waals surface area (Å²) in [6, 6.07) is 8.26. The summed E-state index contributed by atoms with van der Waals surface area (Å²) in [6.45, 7) is 13.6. The van der Waals surface area contributed by atoms with Gasteiger partial charge in [-0.1, -0.05) is 45.9 Å². The maximum atomic E-state index is 14.5. The Morgan fingerprint density at radius 2 is 1.73 bits per heavy atom. The zero-order valence-electron chi connectivity index (χ0n) is 34.6. The highest BCUT2D eigenvalue weighted by Gasteiger charge is 2.51. The number of carbonyl (C=O) groups is 5. The molecule has 2 aliphatic rings. The Kier molecular flexibility index (Phi) is 14.9. The summed E-state index contributed by atoms with van der Waals surface area (Å²) >= 11 is 0. The lowest BCUT2D eigenvalue weighted by Gasteiger charge is -2.47. The first-order chi connectivity index (χ1) is 26.4. The first-order valence-corrected chi connectivity index (χ1v) is 19.4. The number of ketones is 2. The van der Waals surface area contributed by atoms with Crippen LogP contribution in [0.3, 0.4) is 0 Å². The summed E-state index contributed by atoms with van der Waals surface area (Å²) in [7, 11) is 5.22. The molecular formula is C42H59N3O11. The number of ether oxygens (including phenoxy) is 6. The topological polar surface area (TPSA) is 162 Å². The number of cyclic esters (lactones) is 1. The Bertz CT molecular complexity index is 1710. The summed E-state index contributed by atoms with van der Waals surface area (Å²) in [5, 5.41) is 0. The Hall–Kier alpha value is -4.24. The second-order valence-electron chi connectivity index (χ2n) is 15.6. The number of esters is 2. The number of rotatable bonds is 9. The molecule has 4 rings (SSSR count). The van der Waals surface area contributed by atoms with Crippen LogP contribution < -0.4 is 0 Å². The van der Waals surface area contributed by atoms with Crippen molar-refractivity contribution in [2.75, 3.05) is 21.2 Å². The number of allylic oxidation sites excluding steroid dienone is 1. The van der Waals surface area contributed by atoms with Crippen LogP contribution in [0.1, 0.15) is 91.4 Å². The van der Waals surface area contributed by atoms with Crippen molar-refractivity contribution < 1.29 is 52.4 Å². The number of methoxy groups -OCH3 is 1. The molecule has 2 aromatic rings. The van der Waals surface area contributed by atoms with Crippen molar-refractivity contribution in [1.29, 1.82) is 0 Å². The maximum absolute atomic E-state index is 14.5. The molecule has 0 aliphatic carbocycles. The first-order valence-electron chi connectivity index (χ1n) is 19.4. The number of imidazole rings is 1.